The molecule has 1 unspecified atom stereocenters. The van der Waals surface area contributed by atoms with E-state index in [1.54, 1.807) is 0 Å². The van der Waals surface area contributed by atoms with E-state index < -0.39 is 0 Å². The van der Waals surface area contributed by atoms with Crippen molar-refractivity contribution in [3.8, 4) is 0 Å². The fourth-order valence-corrected chi connectivity index (χ4v) is 4.14. The van der Waals surface area contributed by atoms with Gasteiger partial charge in [0.15, 0.2) is 0 Å². The largest absolute Gasteiger partial charge is 0.396 e. The number of aliphatic hydroxyl groups excluding tert-OH is 1. The van der Waals surface area contributed by atoms with Gasteiger partial charge in [0.25, 0.3) is 0 Å². The van der Waals surface area contributed by atoms with Gasteiger partial charge in [0.1, 0.15) is 0 Å². The molecule has 1 heterocycles. The highest BCUT2D eigenvalue weighted by Gasteiger charge is 2.41. The third-order valence-electron chi connectivity index (χ3n) is 5.44. The third kappa shape index (κ3) is 3.80. The molecule has 1 aliphatic heterocycles. The van der Waals surface area contributed by atoms with Crippen LogP contribution in [0.1, 0.15) is 43.4 Å². The predicted octanol–water partition coefficient (Wildman–Crippen LogP) is 4.45. The predicted molar refractivity (Wildman–Crippen MR) is 103 cm³/mol. The lowest BCUT2D eigenvalue weighted by Gasteiger charge is -2.43. The molecule has 0 aromatic heterocycles. The van der Waals surface area contributed by atoms with Gasteiger partial charge < -0.3 is 10.0 Å². The van der Waals surface area contributed by atoms with Crippen LogP contribution in [-0.4, -0.2) is 29.1 Å². The second kappa shape index (κ2) is 7.71. The fourth-order valence-electron chi connectivity index (χ4n) is 3.88. The lowest BCUT2D eigenvalue weighted by atomic mass is 9.70. The second-order valence-electron chi connectivity index (χ2n) is 6.86. The molecule has 132 valence electrons. The van der Waals surface area contributed by atoms with Crippen LogP contribution in [0.2, 0.25) is 0 Å². The van der Waals surface area contributed by atoms with Crippen LogP contribution in [0, 0.1) is 0 Å². The first-order chi connectivity index (χ1) is 12.1. The van der Waals surface area contributed by atoms with Crippen LogP contribution < -0.4 is 0 Å². The number of rotatable bonds is 5. The molecular formula is C21H24BrNO2. The highest BCUT2D eigenvalue weighted by Crippen LogP contribution is 2.41. The van der Waals surface area contributed by atoms with Gasteiger partial charge in [-0.25, -0.2) is 0 Å². The van der Waals surface area contributed by atoms with Crippen molar-refractivity contribution < 1.29 is 9.90 Å². The summed E-state index contributed by atoms with van der Waals surface area (Å²) >= 11 is 3.46. The number of hydrogen-bond acceptors (Lipinski definition) is 2. The van der Waals surface area contributed by atoms with Crippen molar-refractivity contribution in [1.82, 2.24) is 4.90 Å². The van der Waals surface area contributed by atoms with Crippen LogP contribution in [0.15, 0.2) is 59.1 Å². The Hall–Kier alpha value is -1.65. The van der Waals surface area contributed by atoms with Gasteiger partial charge in [0.05, 0.1) is 6.04 Å². The number of halogens is 1. The maximum absolute atomic E-state index is 13.0. The van der Waals surface area contributed by atoms with Gasteiger partial charge in [-0.1, -0.05) is 58.4 Å². The lowest BCUT2D eigenvalue weighted by Crippen LogP contribution is -2.47. The number of piperidine rings is 1. The molecule has 0 aliphatic carbocycles. The molecule has 2 atom stereocenters. The Morgan fingerprint density at radius 1 is 1.16 bits per heavy atom. The minimum absolute atomic E-state index is 0.0588. The molecule has 25 heavy (non-hydrogen) atoms. The van der Waals surface area contributed by atoms with E-state index >= 15 is 0 Å². The topological polar surface area (TPSA) is 40.5 Å². The number of amides is 1. The number of benzene rings is 2. The summed E-state index contributed by atoms with van der Waals surface area (Å²) in [5, 5.41) is 9.58. The average molecular weight is 402 g/mol. The Kier molecular flexibility index (Phi) is 5.60. The van der Waals surface area contributed by atoms with Crippen molar-refractivity contribution in [2.75, 3.05) is 13.2 Å². The van der Waals surface area contributed by atoms with Gasteiger partial charge in [-0.2, -0.15) is 0 Å². The van der Waals surface area contributed by atoms with Crippen LogP contribution in [0.5, 0.6) is 0 Å². The van der Waals surface area contributed by atoms with Gasteiger partial charge in [0, 0.05) is 29.5 Å². The van der Waals surface area contributed by atoms with E-state index in [-0.39, 0.29) is 24.0 Å². The van der Waals surface area contributed by atoms with E-state index in [1.807, 2.05) is 35.2 Å². The first-order valence-electron chi connectivity index (χ1n) is 8.77. The highest BCUT2D eigenvalue weighted by atomic mass is 79.9. The van der Waals surface area contributed by atoms with E-state index in [2.05, 4.69) is 47.1 Å². The molecule has 0 radical (unpaired) electrons. The Morgan fingerprint density at radius 2 is 1.84 bits per heavy atom. The van der Waals surface area contributed by atoms with Crippen molar-refractivity contribution in [3.63, 3.8) is 0 Å². The summed E-state index contributed by atoms with van der Waals surface area (Å²) in [6.07, 6.45) is 1.96. The normalized spacial score (nSPS) is 22.0. The number of carbonyl (C=O) groups is 1. The first kappa shape index (κ1) is 18.2. The fraction of sp³-hybridized carbons (Fsp3) is 0.381. The van der Waals surface area contributed by atoms with Gasteiger partial charge in [-0.3, -0.25) is 4.79 Å². The van der Waals surface area contributed by atoms with Crippen LogP contribution in [-0.2, 0) is 10.2 Å². The molecule has 1 amide bonds. The number of nitrogens with zero attached hydrogens (tertiary/aromatic N) is 1. The van der Waals surface area contributed by atoms with Crippen LogP contribution in [0.4, 0.5) is 0 Å². The standard InChI is InChI=1S/C21H24BrNO2/c1-16(17-7-9-19(22)10-8-17)23-13-11-21(12-14-24,15-20(23)25)18-5-3-2-4-6-18/h2-10,16,24H,11-15H2,1H3/t16-,21?/m0/s1. The number of aliphatic hydroxyl groups is 1. The summed E-state index contributed by atoms with van der Waals surface area (Å²) in [7, 11) is 0. The molecule has 2 aromatic carbocycles. The van der Waals surface area contributed by atoms with E-state index in [1.165, 1.54) is 0 Å². The molecule has 1 saturated heterocycles. The molecule has 0 bridgehead atoms. The Bertz CT molecular complexity index is 716. The quantitative estimate of drug-likeness (QED) is 0.803. The molecule has 0 saturated carbocycles. The molecule has 4 heteroatoms. The highest BCUT2D eigenvalue weighted by molar-refractivity contribution is 9.10. The summed E-state index contributed by atoms with van der Waals surface area (Å²) < 4.78 is 1.04. The maximum atomic E-state index is 13.0. The number of hydrogen-bond donors (Lipinski definition) is 1. The Morgan fingerprint density at radius 3 is 2.44 bits per heavy atom. The average Bonchev–Trinajstić information content (AvgIpc) is 2.63. The lowest BCUT2D eigenvalue weighted by molar-refractivity contribution is -0.138. The zero-order chi connectivity index (χ0) is 17.9. The molecule has 3 nitrogen and oxygen atoms in total. The van der Waals surface area contributed by atoms with E-state index in [0.717, 1.165) is 22.0 Å². The first-order valence-corrected chi connectivity index (χ1v) is 9.56. The smallest absolute Gasteiger partial charge is 0.223 e. The molecule has 0 spiro atoms. The zero-order valence-corrected chi connectivity index (χ0v) is 16.1. The van der Waals surface area contributed by atoms with Crippen molar-refractivity contribution in [2.24, 2.45) is 0 Å². The minimum Gasteiger partial charge on any atom is -0.396 e. The molecule has 1 aliphatic rings. The summed E-state index contributed by atoms with van der Waals surface area (Å²) in [5.74, 6) is 0.166. The zero-order valence-electron chi connectivity index (χ0n) is 14.5. The molecule has 3 rings (SSSR count). The minimum atomic E-state index is -0.247. The Labute approximate surface area is 157 Å². The van der Waals surface area contributed by atoms with Gasteiger partial charge >= 0.3 is 0 Å². The maximum Gasteiger partial charge on any atom is 0.223 e. The van der Waals surface area contributed by atoms with Crippen molar-refractivity contribution >= 4 is 21.8 Å². The number of likely N-dealkylation sites (tertiary alicyclic amines) is 1. The van der Waals surface area contributed by atoms with Crippen molar-refractivity contribution in [3.05, 3.63) is 70.2 Å². The molecule has 1 N–H and O–H groups in total. The van der Waals surface area contributed by atoms with Gasteiger partial charge in [-0.15, -0.1) is 0 Å². The van der Waals surface area contributed by atoms with Crippen molar-refractivity contribution in [1.29, 1.82) is 0 Å². The second-order valence-corrected chi connectivity index (χ2v) is 7.78. The molecule has 2 aromatic rings. The van der Waals surface area contributed by atoms with Crippen molar-refractivity contribution in [2.45, 2.75) is 37.6 Å². The van der Waals surface area contributed by atoms with Gasteiger partial charge in [0.2, 0.25) is 5.91 Å². The van der Waals surface area contributed by atoms with Crippen LogP contribution in [0.3, 0.4) is 0 Å². The Balaban J connectivity index is 1.81. The molecule has 1 fully saturated rings. The van der Waals surface area contributed by atoms with E-state index in [0.29, 0.717) is 19.4 Å². The summed E-state index contributed by atoms with van der Waals surface area (Å²) in [4.78, 5) is 14.9. The number of carbonyl (C=O) groups excluding carboxylic acids is 1. The van der Waals surface area contributed by atoms with E-state index in [4.69, 9.17) is 0 Å². The summed E-state index contributed by atoms with van der Waals surface area (Å²) in [5.41, 5.74) is 2.06. The van der Waals surface area contributed by atoms with E-state index in [9.17, 15) is 9.90 Å². The SMILES string of the molecule is C[C@@H](c1ccc(Br)cc1)N1CCC(CCO)(c2ccccc2)CC1=O. The van der Waals surface area contributed by atoms with Crippen LogP contribution >= 0.6 is 15.9 Å². The monoisotopic (exact) mass is 401 g/mol. The third-order valence-corrected chi connectivity index (χ3v) is 5.97. The van der Waals surface area contributed by atoms with Crippen LogP contribution in [0.25, 0.3) is 0 Å². The summed E-state index contributed by atoms with van der Waals surface area (Å²) in [6, 6.07) is 18.4. The molecular weight excluding hydrogens is 378 g/mol. The van der Waals surface area contributed by atoms with Gasteiger partial charge in [-0.05, 0) is 43.0 Å². The summed E-state index contributed by atoms with van der Waals surface area (Å²) in [6.45, 7) is 2.90.